The van der Waals surface area contributed by atoms with Crippen LogP contribution in [0.1, 0.15) is 0 Å². The Labute approximate surface area is 176 Å². The van der Waals surface area contributed by atoms with Crippen molar-refractivity contribution in [2.75, 3.05) is 0 Å². The van der Waals surface area contributed by atoms with E-state index in [1.165, 1.54) is 12.1 Å². The first-order valence-corrected chi connectivity index (χ1v) is 9.85. The molecule has 0 heterocycles. The Balaban J connectivity index is 2.22. The number of aromatic hydroxyl groups is 2. The normalized spacial score (nSPS) is 11.1. The molecule has 0 aliphatic rings. The van der Waals surface area contributed by atoms with Gasteiger partial charge in [-0.3, -0.25) is 0 Å². The van der Waals surface area contributed by atoms with E-state index in [1.807, 2.05) is 0 Å². The van der Waals surface area contributed by atoms with Crippen molar-refractivity contribution in [1.29, 1.82) is 0 Å². The van der Waals surface area contributed by atoms with E-state index >= 15 is 0 Å². The fraction of sp³-hybridized carbons (Fsp3) is 0. The Bertz CT molecular complexity index is 1140. The van der Waals surface area contributed by atoms with Gasteiger partial charge >= 0.3 is 0 Å². The van der Waals surface area contributed by atoms with Crippen molar-refractivity contribution in [3.63, 3.8) is 0 Å². The minimum absolute atomic E-state index is 0.144. The zero-order valence-electron chi connectivity index (χ0n) is 14.2. The molecule has 0 aliphatic heterocycles. The molecule has 0 atom stereocenters. The van der Waals surface area contributed by atoms with Crippen LogP contribution in [0.2, 0.25) is 0 Å². The molecule has 4 aromatic carbocycles. The summed E-state index contributed by atoms with van der Waals surface area (Å²) in [7, 11) is 0. The zero-order chi connectivity index (χ0) is 20.0. The van der Waals surface area contributed by atoms with E-state index in [2.05, 4.69) is 31.9 Å². The summed E-state index contributed by atoms with van der Waals surface area (Å²) in [5.74, 6) is -1.30. The molecule has 0 bridgehead atoms. The van der Waals surface area contributed by atoms with Gasteiger partial charge in [0, 0.05) is 22.3 Å². The molecule has 0 unspecified atom stereocenters. The maximum atomic E-state index is 14.5. The van der Waals surface area contributed by atoms with Gasteiger partial charge in [-0.05, 0) is 66.9 Å². The van der Waals surface area contributed by atoms with Crippen LogP contribution in [0.5, 0.6) is 11.5 Å². The molecule has 2 N–H and O–H groups in total. The van der Waals surface area contributed by atoms with E-state index in [0.29, 0.717) is 19.7 Å². The van der Waals surface area contributed by atoms with Crippen molar-refractivity contribution < 1.29 is 19.0 Å². The third kappa shape index (κ3) is 2.97. The summed E-state index contributed by atoms with van der Waals surface area (Å²) in [6.07, 6.45) is 0. The van der Waals surface area contributed by atoms with Gasteiger partial charge in [0.2, 0.25) is 0 Å². The number of benzene rings is 4. The van der Waals surface area contributed by atoms with Crippen LogP contribution in [0.25, 0.3) is 33.0 Å². The molecule has 0 amide bonds. The van der Waals surface area contributed by atoms with Gasteiger partial charge in [0.05, 0.1) is 8.95 Å². The molecule has 0 aliphatic carbocycles. The molecule has 0 fully saturated rings. The Kier molecular flexibility index (Phi) is 4.85. The Morgan fingerprint density at radius 1 is 0.607 bits per heavy atom. The number of fused-ring (bicyclic) bond motifs is 1. The van der Waals surface area contributed by atoms with Gasteiger partial charge in [-0.15, -0.1) is 0 Å². The number of hydrogen-bond acceptors (Lipinski definition) is 2. The average molecular weight is 506 g/mol. The smallest absolute Gasteiger partial charge is 0.138 e. The van der Waals surface area contributed by atoms with E-state index in [4.69, 9.17) is 0 Å². The van der Waals surface area contributed by atoms with Crippen molar-refractivity contribution in [3.05, 3.63) is 81.2 Å². The van der Waals surface area contributed by atoms with E-state index in [0.717, 1.165) is 0 Å². The van der Waals surface area contributed by atoms with Crippen LogP contribution < -0.4 is 0 Å². The van der Waals surface area contributed by atoms with E-state index in [1.54, 1.807) is 48.5 Å². The first-order chi connectivity index (χ1) is 13.4. The number of hydrogen-bond donors (Lipinski definition) is 2. The maximum absolute atomic E-state index is 14.5. The summed E-state index contributed by atoms with van der Waals surface area (Å²) in [6.45, 7) is 0. The van der Waals surface area contributed by atoms with Crippen LogP contribution >= 0.6 is 31.9 Å². The SMILES string of the molecule is Oc1c(Br)cc2c(-c3ccccc3F)c(O)c(Br)cc2c1-c1ccccc1F. The molecule has 6 heteroatoms. The quantitative estimate of drug-likeness (QED) is 0.298. The Morgan fingerprint density at radius 2 is 0.964 bits per heavy atom. The molecule has 0 saturated heterocycles. The number of halogens is 4. The van der Waals surface area contributed by atoms with Crippen molar-refractivity contribution in [2.45, 2.75) is 0 Å². The first-order valence-electron chi connectivity index (χ1n) is 8.26. The lowest BCUT2D eigenvalue weighted by molar-refractivity contribution is 0.472. The molecular weight excluding hydrogens is 494 g/mol. The van der Waals surface area contributed by atoms with Crippen molar-refractivity contribution in [1.82, 2.24) is 0 Å². The molecular formula is C22H12Br2F2O2. The van der Waals surface area contributed by atoms with Gasteiger partial charge in [-0.25, -0.2) is 8.78 Å². The summed E-state index contributed by atoms with van der Waals surface area (Å²) in [5, 5.41) is 22.3. The highest BCUT2D eigenvalue weighted by atomic mass is 79.9. The molecule has 28 heavy (non-hydrogen) atoms. The standard InChI is InChI=1S/C22H12Br2F2O2/c23-15-10-14-13(19(21(15)27)11-5-1-3-7-17(11)25)9-16(24)22(28)20(14)12-6-2-4-8-18(12)26/h1-10,27-28H. The summed E-state index contributed by atoms with van der Waals surface area (Å²) in [6, 6.07) is 15.3. The lowest BCUT2D eigenvalue weighted by Crippen LogP contribution is -1.93. The molecule has 0 aromatic heterocycles. The number of rotatable bonds is 2. The van der Waals surface area contributed by atoms with Gasteiger partial charge in [-0.2, -0.15) is 0 Å². The molecule has 0 saturated carbocycles. The molecule has 0 radical (unpaired) electrons. The van der Waals surface area contributed by atoms with E-state index in [9.17, 15) is 19.0 Å². The lowest BCUT2D eigenvalue weighted by Gasteiger charge is -2.17. The summed E-state index contributed by atoms with van der Waals surface area (Å²) in [4.78, 5) is 0. The summed E-state index contributed by atoms with van der Waals surface area (Å²) in [5.41, 5.74) is 0.897. The minimum Gasteiger partial charge on any atom is -0.506 e. The largest absolute Gasteiger partial charge is 0.506 e. The van der Waals surface area contributed by atoms with Gasteiger partial charge in [0.25, 0.3) is 0 Å². The molecule has 0 spiro atoms. The number of phenolic OH excluding ortho intramolecular Hbond substituents is 2. The van der Waals surface area contributed by atoms with Gasteiger partial charge in [0.1, 0.15) is 23.1 Å². The maximum Gasteiger partial charge on any atom is 0.138 e. The molecule has 140 valence electrons. The molecule has 4 aromatic rings. The van der Waals surface area contributed by atoms with Gasteiger partial charge < -0.3 is 10.2 Å². The highest BCUT2D eigenvalue weighted by Crippen LogP contribution is 2.49. The molecule has 4 rings (SSSR count). The highest BCUT2D eigenvalue weighted by molar-refractivity contribution is 9.11. The highest BCUT2D eigenvalue weighted by Gasteiger charge is 2.22. The van der Waals surface area contributed by atoms with Crippen LogP contribution in [0, 0.1) is 11.6 Å². The minimum atomic E-state index is -0.506. The summed E-state index contributed by atoms with van der Waals surface area (Å²) >= 11 is 6.60. The van der Waals surface area contributed by atoms with E-state index in [-0.39, 0.29) is 33.8 Å². The second kappa shape index (κ2) is 7.18. The Morgan fingerprint density at radius 3 is 1.32 bits per heavy atom. The van der Waals surface area contributed by atoms with Crippen LogP contribution in [0.3, 0.4) is 0 Å². The van der Waals surface area contributed by atoms with Crippen LogP contribution in [-0.4, -0.2) is 10.2 Å². The lowest BCUT2D eigenvalue weighted by atomic mass is 9.91. The summed E-state index contributed by atoms with van der Waals surface area (Å²) < 4.78 is 29.7. The number of phenols is 2. The second-order valence-electron chi connectivity index (χ2n) is 6.22. The fourth-order valence-corrected chi connectivity index (χ4v) is 4.18. The van der Waals surface area contributed by atoms with Crippen LogP contribution in [-0.2, 0) is 0 Å². The van der Waals surface area contributed by atoms with E-state index < -0.39 is 11.6 Å². The van der Waals surface area contributed by atoms with Crippen molar-refractivity contribution in [2.24, 2.45) is 0 Å². The average Bonchev–Trinajstić information content (AvgIpc) is 2.67. The first kappa shape index (κ1) is 18.9. The zero-order valence-corrected chi connectivity index (χ0v) is 17.4. The monoisotopic (exact) mass is 504 g/mol. The van der Waals surface area contributed by atoms with Crippen LogP contribution in [0.15, 0.2) is 69.6 Å². The van der Waals surface area contributed by atoms with Crippen molar-refractivity contribution in [3.8, 4) is 33.8 Å². The van der Waals surface area contributed by atoms with Crippen molar-refractivity contribution >= 4 is 42.6 Å². The second-order valence-corrected chi connectivity index (χ2v) is 7.93. The van der Waals surface area contributed by atoms with Gasteiger partial charge in [-0.1, -0.05) is 36.4 Å². The fourth-order valence-electron chi connectivity index (χ4n) is 3.33. The molecule has 2 nitrogen and oxygen atoms in total. The van der Waals surface area contributed by atoms with Gasteiger partial charge in [0.15, 0.2) is 0 Å². The Hall–Kier alpha value is -2.44. The van der Waals surface area contributed by atoms with Crippen LogP contribution in [0.4, 0.5) is 8.78 Å². The topological polar surface area (TPSA) is 40.5 Å². The third-order valence-corrected chi connectivity index (χ3v) is 5.79. The third-order valence-electron chi connectivity index (χ3n) is 4.58. The predicted octanol–water partition coefficient (Wildman–Crippen LogP) is 7.39. The predicted molar refractivity (Wildman–Crippen MR) is 113 cm³/mol.